The first-order valence-electron chi connectivity index (χ1n) is 15.8. The topological polar surface area (TPSA) is 217 Å². The molecule has 3 aromatic carbocycles. The van der Waals surface area contributed by atoms with Gasteiger partial charge in [0.1, 0.15) is 0 Å². The Kier molecular flexibility index (Phi) is 15.1. The first kappa shape index (κ1) is 44.2. The number of rotatable bonds is 12. The Hall–Kier alpha value is -4.18. The molecule has 296 valence electrons. The fourth-order valence-corrected chi connectivity index (χ4v) is 7.53. The van der Waals surface area contributed by atoms with E-state index < -0.39 is 44.0 Å². The molecule has 4 rings (SSSR count). The summed E-state index contributed by atoms with van der Waals surface area (Å²) in [6.45, 7) is 2.24. The molecule has 0 spiro atoms. The summed E-state index contributed by atoms with van der Waals surface area (Å²) < 4.78 is 85.6. The van der Waals surface area contributed by atoms with Crippen LogP contribution in [0.4, 0.5) is 30.2 Å². The van der Waals surface area contributed by atoms with E-state index in [1.54, 1.807) is 18.2 Å². The number of carboxylic acids is 1. The van der Waals surface area contributed by atoms with E-state index in [1.807, 2.05) is 4.90 Å². The van der Waals surface area contributed by atoms with Crippen LogP contribution in [0, 0.1) is 0 Å². The van der Waals surface area contributed by atoms with Crippen molar-refractivity contribution in [3.63, 3.8) is 0 Å². The Morgan fingerprint density at radius 1 is 0.870 bits per heavy atom. The highest BCUT2D eigenvalue weighted by molar-refractivity contribution is 7.92. The van der Waals surface area contributed by atoms with E-state index in [0.717, 1.165) is 16.2 Å². The number of amides is 2. The summed E-state index contributed by atoms with van der Waals surface area (Å²) in [4.78, 5) is 39.1. The van der Waals surface area contributed by atoms with E-state index in [4.69, 9.17) is 44.6 Å². The minimum absolute atomic E-state index is 0.0414. The summed E-state index contributed by atoms with van der Waals surface area (Å²) in [6, 6.07) is 14.9. The second kappa shape index (κ2) is 18.4. The standard InChI is InChI=1S/C30H37Cl2N7O6S2.C2HF3O2/c1-36(46(2,42)43)28-8-3-21(30(41)38(11-9-33)12-10-34)17-27(28)29(40)35-24-4-6-26(7-5-24)47(44,45)39-15-13-37(14-16-39)25-19-22(31)18-23(32)20-25;3-2(4,5)1(6)7/h3-8,17-20H,9-16,33-34H2,1-2H3,(H,35,40);(H,6,7). The van der Waals surface area contributed by atoms with Gasteiger partial charge in [-0.15, -0.1) is 0 Å². The second-order valence-corrected chi connectivity index (χ2v) is 16.5. The largest absolute Gasteiger partial charge is 0.490 e. The maximum atomic E-state index is 13.5. The molecular weight excluding hydrogens is 802 g/mol. The van der Waals surface area contributed by atoms with Crippen LogP contribution < -0.4 is 26.0 Å². The SMILES string of the molecule is CN(c1ccc(C(=O)N(CCN)CCN)cc1C(=O)Nc1ccc(S(=O)(=O)N2CCN(c3cc(Cl)cc(Cl)c3)CC2)cc1)S(C)(=O)=O.O=C(O)C(F)(F)F. The van der Waals surface area contributed by atoms with Crippen molar-refractivity contribution in [1.29, 1.82) is 0 Å². The van der Waals surface area contributed by atoms with E-state index >= 15 is 0 Å². The van der Waals surface area contributed by atoms with Gasteiger partial charge in [-0.2, -0.15) is 17.5 Å². The molecule has 0 aromatic heterocycles. The number of nitrogens with zero attached hydrogens (tertiary/aromatic N) is 4. The maximum Gasteiger partial charge on any atom is 0.490 e. The number of carbonyl (C=O) groups is 3. The molecule has 3 aromatic rings. The Bertz CT molecular complexity index is 2030. The zero-order valence-electron chi connectivity index (χ0n) is 28.9. The number of benzene rings is 3. The van der Waals surface area contributed by atoms with Crippen molar-refractivity contribution in [2.75, 3.05) is 80.2 Å². The summed E-state index contributed by atoms with van der Waals surface area (Å²) in [5.74, 6) is -3.88. The van der Waals surface area contributed by atoms with Gasteiger partial charge in [0.2, 0.25) is 20.0 Å². The number of sulfonamides is 2. The Balaban J connectivity index is 0.00000102. The van der Waals surface area contributed by atoms with E-state index in [-0.39, 0.29) is 66.7 Å². The normalized spacial score (nSPS) is 13.8. The minimum atomic E-state index is -5.08. The lowest BCUT2D eigenvalue weighted by Gasteiger charge is -2.35. The zero-order valence-corrected chi connectivity index (χ0v) is 32.0. The second-order valence-electron chi connectivity index (χ2n) is 11.6. The number of hydrogen-bond acceptors (Lipinski definition) is 10. The molecule has 0 bridgehead atoms. The van der Waals surface area contributed by atoms with E-state index in [0.29, 0.717) is 23.1 Å². The van der Waals surface area contributed by atoms with Crippen LogP contribution in [0.5, 0.6) is 0 Å². The van der Waals surface area contributed by atoms with Crippen LogP contribution in [0.15, 0.2) is 65.6 Å². The van der Waals surface area contributed by atoms with Crippen LogP contribution in [0.1, 0.15) is 20.7 Å². The average molecular weight is 841 g/mol. The first-order chi connectivity index (χ1) is 25.1. The summed E-state index contributed by atoms with van der Waals surface area (Å²) in [5, 5.41) is 10.8. The van der Waals surface area contributed by atoms with Gasteiger partial charge in [0, 0.05) is 86.4 Å². The van der Waals surface area contributed by atoms with Crippen LogP contribution in [-0.2, 0) is 24.8 Å². The highest BCUT2D eigenvalue weighted by Crippen LogP contribution is 2.29. The third-order valence-corrected chi connectivity index (χ3v) is 11.4. The molecule has 2 amide bonds. The van der Waals surface area contributed by atoms with Crippen LogP contribution in [0.2, 0.25) is 10.0 Å². The third kappa shape index (κ3) is 11.7. The maximum absolute atomic E-state index is 13.5. The van der Waals surface area contributed by atoms with Crippen LogP contribution in [0.3, 0.4) is 0 Å². The van der Waals surface area contributed by atoms with E-state index in [9.17, 15) is 39.6 Å². The number of carbonyl (C=O) groups excluding carboxylic acids is 2. The predicted octanol–water partition coefficient (Wildman–Crippen LogP) is 3.15. The molecule has 1 fully saturated rings. The quantitative estimate of drug-likeness (QED) is 0.208. The number of anilines is 3. The lowest BCUT2D eigenvalue weighted by atomic mass is 10.1. The van der Waals surface area contributed by atoms with Gasteiger partial charge in [-0.3, -0.25) is 13.9 Å². The molecular formula is C32H38Cl2F3N7O8S2. The van der Waals surface area contributed by atoms with Crippen molar-refractivity contribution in [2.24, 2.45) is 11.5 Å². The van der Waals surface area contributed by atoms with Crippen LogP contribution in [-0.4, -0.2) is 121 Å². The molecule has 15 nitrogen and oxygen atoms in total. The van der Waals surface area contributed by atoms with Crippen molar-refractivity contribution in [1.82, 2.24) is 9.21 Å². The molecule has 1 aliphatic heterocycles. The van der Waals surface area contributed by atoms with Crippen molar-refractivity contribution >= 4 is 78.1 Å². The fraction of sp³-hybridized carbons (Fsp3) is 0.344. The van der Waals surface area contributed by atoms with Crippen molar-refractivity contribution < 1.29 is 49.5 Å². The molecule has 1 heterocycles. The molecule has 0 unspecified atom stereocenters. The van der Waals surface area contributed by atoms with Gasteiger partial charge >= 0.3 is 12.1 Å². The van der Waals surface area contributed by atoms with Crippen molar-refractivity contribution in [3.05, 3.63) is 81.8 Å². The summed E-state index contributed by atoms with van der Waals surface area (Å²) in [5.41, 5.74) is 12.5. The van der Waals surface area contributed by atoms with Gasteiger partial charge in [-0.25, -0.2) is 21.6 Å². The molecule has 0 atom stereocenters. The molecule has 1 saturated heterocycles. The summed E-state index contributed by atoms with van der Waals surface area (Å²) >= 11 is 12.3. The Morgan fingerprint density at radius 3 is 1.85 bits per heavy atom. The Labute approximate surface area is 320 Å². The number of halogens is 5. The molecule has 22 heteroatoms. The molecule has 1 aliphatic rings. The summed E-state index contributed by atoms with van der Waals surface area (Å²) in [7, 11) is -6.32. The van der Waals surface area contributed by atoms with E-state index in [1.165, 1.54) is 58.7 Å². The number of hydrogen-bond donors (Lipinski definition) is 4. The lowest BCUT2D eigenvalue weighted by molar-refractivity contribution is -0.192. The van der Waals surface area contributed by atoms with Gasteiger partial charge in [0.05, 0.1) is 22.4 Å². The monoisotopic (exact) mass is 839 g/mol. The first-order valence-corrected chi connectivity index (χ1v) is 19.8. The molecule has 6 N–H and O–H groups in total. The molecule has 0 saturated carbocycles. The average Bonchev–Trinajstić information content (AvgIpc) is 3.10. The van der Waals surface area contributed by atoms with Gasteiger partial charge in [0.25, 0.3) is 11.8 Å². The minimum Gasteiger partial charge on any atom is -0.475 e. The van der Waals surface area contributed by atoms with Gasteiger partial charge in [-0.1, -0.05) is 23.2 Å². The molecule has 0 radical (unpaired) electrons. The van der Waals surface area contributed by atoms with Gasteiger partial charge < -0.3 is 31.7 Å². The smallest absolute Gasteiger partial charge is 0.475 e. The number of alkyl halides is 3. The Morgan fingerprint density at radius 2 is 1.39 bits per heavy atom. The van der Waals surface area contributed by atoms with Crippen molar-refractivity contribution in [2.45, 2.75) is 11.1 Å². The van der Waals surface area contributed by atoms with Crippen molar-refractivity contribution in [3.8, 4) is 0 Å². The third-order valence-electron chi connectivity index (χ3n) is 7.85. The number of carboxylic acid groups (broad SMARTS) is 1. The molecule has 54 heavy (non-hydrogen) atoms. The lowest BCUT2D eigenvalue weighted by Crippen LogP contribution is -2.48. The molecule has 0 aliphatic carbocycles. The number of aliphatic carboxylic acids is 1. The fourth-order valence-electron chi connectivity index (χ4n) is 5.08. The number of piperazine rings is 1. The summed E-state index contributed by atoms with van der Waals surface area (Å²) in [6.07, 6.45) is -4.09. The predicted molar refractivity (Wildman–Crippen MR) is 199 cm³/mol. The number of nitrogens with two attached hydrogens (primary N) is 2. The van der Waals surface area contributed by atoms with Gasteiger partial charge in [0.15, 0.2) is 0 Å². The highest BCUT2D eigenvalue weighted by atomic mass is 35.5. The van der Waals surface area contributed by atoms with Crippen LogP contribution >= 0.6 is 23.2 Å². The van der Waals surface area contributed by atoms with E-state index in [2.05, 4.69) is 5.32 Å². The van der Waals surface area contributed by atoms with Gasteiger partial charge in [-0.05, 0) is 60.7 Å². The van der Waals surface area contributed by atoms with Crippen LogP contribution in [0.25, 0.3) is 0 Å². The zero-order chi connectivity index (χ0) is 40.6. The highest BCUT2D eigenvalue weighted by Gasteiger charge is 2.38. The number of nitrogens with one attached hydrogen (secondary N) is 1.